The molecule has 3 aromatic rings. The second-order valence-corrected chi connectivity index (χ2v) is 8.23. The predicted octanol–water partition coefficient (Wildman–Crippen LogP) is 1.21. The lowest BCUT2D eigenvalue weighted by atomic mass is 9.95. The number of aromatic amines is 1. The normalized spacial score (nSPS) is 28.2. The summed E-state index contributed by atoms with van der Waals surface area (Å²) in [5.41, 5.74) is 4.03. The van der Waals surface area contributed by atoms with Crippen molar-refractivity contribution in [3.8, 4) is 5.75 Å². The fourth-order valence-corrected chi connectivity index (χ4v) is 4.15. The standard InChI is InChI=1S/C24H29NO7/c1-2-4-14-7-9-15(10-8-14)11-16-12-25-17-5-3-6-18(20(16)17)32-24(30)22(28)21(27)19(13-26)31-23(24)29/h3,5-10,12,19,21-23,25-30H,2,4,11,13H2,1H3/t19-,21-,22+,23-,24+/m1/s1. The van der Waals surface area contributed by atoms with Gasteiger partial charge in [0.15, 0.2) is 6.10 Å². The molecule has 0 spiro atoms. The van der Waals surface area contributed by atoms with E-state index in [-0.39, 0.29) is 5.75 Å². The number of aliphatic hydroxyl groups excluding tert-OH is 4. The Morgan fingerprint density at radius 2 is 1.78 bits per heavy atom. The Hall–Kier alpha value is -2.46. The van der Waals surface area contributed by atoms with Crippen LogP contribution in [0.25, 0.3) is 10.9 Å². The van der Waals surface area contributed by atoms with E-state index in [1.807, 2.05) is 12.3 Å². The molecule has 32 heavy (non-hydrogen) atoms. The zero-order valence-corrected chi connectivity index (χ0v) is 17.8. The zero-order chi connectivity index (χ0) is 22.9. The molecular formula is C24H29NO7. The summed E-state index contributed by atoms with van der Waals surface area (Å²) < 4.78 is 10.8. The Bertz CT molecular complexity index is 1050. The third-order valence-electron chi connectivity index (χ3n) is 5.94. The van der Waals surface area contributed by atoms with Crippen molar-refractivity contribution >= 4 is 10.9 Å². The zero-order valence-electron chi connectivity index (χ0n) is 17.8. The van der Waals surface area contributed by atoms with E-state index in [4.69, 9.17) is 9.47 Å². The Morgan fingerprint density at radius 1 is 1.06 bits per heavy atom. The van der Waals surface area contributed by atoms with Gasteiger partial charge in [0.1, 0.15) is 18.0 Å². The van der Waals surface area contributed by atoms with Crippen LogP contribution in [0.3, 0.4) is 0 Å². The highest BCUT2D eigenvalue weighted by molar-refractivity contribution is 5.89. The van der Waals surface area contributed by atoms with E-state index < -0.39 is 37.0 Å². The number of nitrogens with one attached hydrogen (secondary N) is 1. The van der Waals surface area contributed by atoms with Crippen molar-refractivity contribution in [3.63, 3.8) is 0 Å². The molecule has 8 nitrogen and oxygen atoms in total. The number of fused-ring (bicyclic) bond motifs is 1. The summed E-state index contributed by atoms with van der Waals surface area (Å²) in [5.74, 6) is -2.42. The summed E-state index contributed by atoms with van der Waals surface area (Å²) in [4.78, 5) is 3.18. The van der Waals surface area contributed by atoms with E-state index in [0.717, 1.165) is 29.5 Å². The van der Waals surface area contributed by atoms with Crippen LogP contribution in [0.1, 0.15) is 30.0 Å². The fraction of sp³-hybridized carbons (Fsp3) is 0.417. The minimum Gasteiger partial charge on any atom is -0.454 e. The van der Waals surface area contributed by atoms with Crippen LogP contribution in [0.2, 0.25) is 0 Å². The summed E-state index contributed by atoms with van der Waals surface area (Å²) in [5, 5.41) is 51.7. The molecule has 0 radical (unpaired) electrons. The smallest absolute Gasteiger partial charge is 0.288 e. The van der Waals surface area contributed by atoms with Crippen LogP contribution >= 0.6 is 0 Å². The lowest BCUT2D eigenvalue weighted by Crippen LogP contribution is -2.69. The lowest BCUT2D eigenvalue weighted by Gasteiger charge is -2.45. The number of hydrogen-bond acceptors (Lipinski definition) is 7. The number of aromatic nitrogens is 1. The van der Waals surface area contributed by atoms with Crippen molar-refractivity contribution in [1.82, 2.24) is 4.98 Å². The van der Waals surface area contributed by atoms with Crippen LogP contribution in [0, 0.1) is 0 Å². The molecule has 0 aliphatic carbocycles. The molecular weight excluding hydrogens is 414 g/mol. The third kappa shape index (κ3) is 4.13. The highest BCUT2D eigenvalue weighted by atomic mass is 16.7. The van der Waals surface area contributed by atoms with Gasteiger partial charge in [0.25, 0.3) is 5.79 Å². The Kier molecular flexibility index (Phi) is 6.52. The summed E-state index contributed by atoms with van der Waals surface area (Å²) >= 11 is 0. The number of benzene rings is 2. The van der Waals surface area contributed by atoms with Gasteiger partial charge in [-0.3, -0.25) is 0 Å². The van der Waals surface area contributed by atoms with E-state index in [9.17, 15) is 25.5 Å². The van der Waals surface area contributed by atoms with Gasteiger partial charge in [-0.25, -0.2) is 0 Å². The van der Waals surface area contributed by atoms with E-state index in [1.165, 1.54) is 5.56 Å². The molecule has 0 amide bonds. The van der Waals surface area contributed by atoms with Crippen LogP contribution < -0.4 is 4.74 Å². The van der Waals surface area contributed by atoms with Gasteiger partial charge < -0.3 is 40.0 Å². The lowest BCUT2D eigenvalue weighted by molar-refractivity contribution is -0.385. The first-order valence-corrected chi connectivity index (χ1v) is 10.8. The highest BCUT2D eigenvalue weighted by Crippen LogP contribution is 2.36. The average molecular weight is 443 g/mol. The van der Waals surface area contributed by atoms with E-state index >= 15 is 0 Å². The second-order valence-electron chi connectivity index (χ2n) is 8.23. The first-order valence-electron chi connectivity index (χ1n) is 10.8. The van der Waals surface area contributed by atoms with Crippen molar-refractivity contribution in [2.24, 2.45) is 0 Å². The first kappa shape index (κ1) is 22.7. The molecule has 1 saturated heterocycles. The largest absolute Gasteiger partial charge is 0.454 e. The maximum Gasteiger partial charge on any atom is 0.288 e. The van der Waals surface area contributed by atoms with Gasteiger partial charge >= 0.3 is 0 Å². The summed E-state index contributed by atoms with van der Waals surface area (Å²) in [6, 6.07) is 13.5. The van der Waals surface area contributed by atoms with Gasteiger partial charge in [-0.15, -0.1) is 0 Å². The van der Waals surface area contributed by atoms with Gasteiger partial charge in [-0.2, -0.15) is 0 Å². The maximum absolute atomic E-state index is 10.9. The maximum atomic E-state index is 10.9. The second kappa shape index (κ2) is 9.19. The van der Waals surface area contributed by atoms with Crippen LogP contribution in [0.15, 0.2) is 48.7 Å². The Balaban J connectivity index is 1.64. The van der Waals surface area contributed by atoms with Crippen molar-refractivity contribution in [2.45, 2.75) is 56.6 Å². The molecule has 0 unspecified atom stereocenters. The van der Waals surface area contributed by atoms with Crippen LogP contribution in [-0.2, 0) is 17.6 Å². The Labute approximate surface area is 185 Å². The molecule has 0 saturated carbocycles. The van der Waals surface area contributed by atoms with Gasteiger partial charge in [0, 0.05) is 17.1 Å². The molecule has 8 heteroatoms. The van der Waals surface area contributed by atoms with Crippen molar-refractivity contribution < 1.29 is 35.0 Å². The van der Waals surface area contributed by atoms with E-state index in [2.05, 4.69) is 36.2 Å². The monoisotopic (exact) mass is 443 g/mol. The van der Waals surface area contributed by atoms with Gasteiger partial charge in [0.2, 0.25) is 6.29 Å². The predicted molar refractivity (Wildman–Crippen MR) is 117 cm³/mol. The molecule has 1 fully saturated rings. The average Bonchev–Trinajstić information content (AvgIpc) is 3.20. The minimum atomic E-state index is -2.63. The SMILES string of the molecule is CCCc1ccc(Cc2c[nH]c3cccc(O[C@]4(O)[C@H](O)O[C@H](CO)[C@@H](O)[C@@H]4O)c23)cc1. The fourth-order valence-electron chi connectivity index (χ4n) is 4.15. The van der Waals surface area contributed by atoms with Crippen molar-refractivity contribution in [2.75, 3.05) is 6.61 Å². The molecule has 1 aliphatic rings. The number of aryl methyl sites for hydroxylation is 1. The minimum absolute atomic E-state index is 0.209. The number of hydrogen-bond donors (Lipinski definition) is 6. The molecule has 172 valence electrons. The summed E-state index contributed by atoms with van der Waals surface area (Å²) in [6.07, 6.45) is -2.24. The topological polar surface area (TPSA) is 135 Å². The number of rotatable bonds is 7. The molecule has 2 aromatic carbocycles. The molecule has 2 heterocycles. The van der Waals surface area contributed by atoms with E-state index in [0.29, 0.717) is 11.8 Å². The number of aliphatic hydroxyl groups is 5. The molecule has 1 aromatic heterocycles. The van der Waals surface area contributed by atoms with Crippen molar-refractivity contribution in [3.05, 3.63) is 65.4 Å². The van der Waals surface area contributed by atoms with Crippen LogP contribution in [-0.4, -0.2) is 67.5 Å². The van der Waals surface area contributed by atoms with Gasteiger partial charge in [0.05, 0.1) is 6.61 Å². The number of ether oxygens (including phenoxy) is 2. The first-order chi connectivity index (χ1) is 15.4. The number of H-pyrrole nitrogens is 1. The van der Waals surface area contributed by atoms with Crippen molar-refractivity contribution in [1.29, 1.82) is 0 Å². The van der Waals surface area contributed by atoms with Gasteiger partial charge in [-0.1, -0.05) is 43.7 Å². The molecule has 6 N–H and O–H groups in total. The molecule has 1 aliphatic heterocycles. The molecule has 5 atom stereocenters. The quantitative estimate of drug-likeness (QED) is 0.302. The highest BCUT2D eigenvalue weighted by Gasteiger charge is 2.57. The molecule has 4 rings (SSSR count). The van der Waals surface area contributed by atoms with Crippen LogP contribution in [0.5, 0.6) is 5.75 Å². The van der Waals surface area contributed by atoms with Crippen LogP contribution in [0.4, 0.5) is 0 Å². The summed E-state index contributed by atoms with van der Waals surface area (Å²) in [6.45, 7) is 1.50. The summed E-state index contributed by atoms with van der Waals surface area (Å²) in [7, 11) is 0. The van der Waals surface area contributed by atoms with Gasteiger partial charge in [-0.05, 0) is 41.7 Å². The third-order valence-corrected chi connectivity index (χ3v) is 5.94. The Morgan fingerprint density at radius 3 is 2.47 bits per heavy atom. The van der Waals surface area contributed by atoms with E-state index in [1.54, 1.807) is 12.1 Å². The molecule has 0 bridgehead atoms.